The molecule has 2 aliphatic rings. The van der Waals surface area contributed by atoms with Crippen molar-refractivity contribution >= 4 is 16.9 Å². The summed E-state index contributed by atoms with van der Waals surface area (Å²) in [6.45, 7) is 0. The van der Waals surface area contributed by atoms with Crippen molar-refractivity contribution in [2.75, 3.05) is 7.05 Å². The third kappa shape index (κ3) is 2.14. The molecule has 3 heterocycles. The predicted octanol–water partition coefficient (Wildman–Crippen LogP) is 2.95. The average Bonchev–Trinajstić information content (AvgIpc) is 2.97. The number of benzene rings is 1. The van der Waals surface area contributed by atoms with E-state index in [9.17, 15) is 4.79 Å². The number of piperidine rings is 1. The lowest BCUT2D eigenvalue weighted by Gasteiger charge is -2.35. The normalized spacial score (nSPS) is 31.6. The summed E-state index contributed by atoms with van der Waals surface area (Å²) in [6, 6.07) is 1.72. The fraction of sp³-hybridized carbons (Fsp3) is 0.471. The fourth-order valence-electron chi connectivity index (χ4n) is 3.66. The number of fused-ring (bicyclic) bond motifs is 3. The van der Waals surface area contributed by atoms with E-state index < -0.39 is 5.97 Å². The highest BCUT2D eigenvalue weighted by molar-refractivity contribution is 6.04. The van der Waals surface area contributed by atoms with E-state index in [2.05, 4.69) is 16.9 Å². The van der Waals surface area contributed by atoms with E-state index in [1.54, 1.807) is 0 Å². The average molecular weight is 288 g/mol. The summed E-state index contributed by atoms with van der Waals surface area (Å²) in [5, 5.41) is 0.317. The molecule has 21 heavy (non-hydrogen) atoms. The largest absolute Gasteiger partial charge is 0.459 e. The molecular weight excluding hydrogens is 264 g/mol. The summed E-state index contributed by atoms with van der Waals surface area (Å²) >= 11 is 0. The number of carbonyl (C=O) groups excluding carboxylic acids is 1. The number of ether oxygens (including phenoxy) is 1. The Kier molecular flexibility index (Phi) is 2.15. The van der Waals surface area contributed by atoms with Crippen LogP contribution in [0.25, 0.3) is 10.9 Å². The third-order valence-electron chi connectivity index (χ3n) is 4.86. The van der Waals surface area contributed by atoms with Crippen LogP contribution in [0.1, 0.15) is 41.5 Å². The Bertz CT molecular complexity index is 852. The molecule has 1 unspecified atom stereocenters. The lowest BCUT2D eigenvalue weighted by molar-refractivity contribution is -0.000258. The second-order valence-corrected chi connectivity index (χ2v) is 6.00. The number of rotatable bonds is 2. The van der Waals surface area contributed by atoms with E-state index in [1.165, 1.54) is 6.07 Å². The maximum Gasteiger partial charge on any atom is 0.340 e. The molecule has 4 heteroatoms. The number of H-pyrrole nitrogens is 1. The van der Waals surface area contributed by atoms with E-state index in [4.69, 9.17) is 10.2 Å². The number of nitrogens with one attached hydrogen (secondary N) is 1. The van der Waals surface area contributed by atoms with Crippen molar-refractivity contribution in [1.82, 2.24) is 9.88 Å². The van der Waals surface area contributed by atoms with Crippen LogP contribution in [0.2, 0.25) is 0 Å². The Labute approximate surface area is 129 Å². The SMILES string of the molecule is [2H]c1cc2c(C(=O)OC3C[C@H]4CC[C@@H](C3)N4C)c([2H])[nH]c2c([2H])c1[2H]. The molecule has 4 rings (SSSR count). The van der Waals surface area contributed by atoms with Crippen molar-refractivity contribution in [2.45, 2.75) is 43.9 Å². The van der Waals surface area contributed by atoms with Gasteiger partial charge in [-0.2, -0.15) is 0 Å². The minimum atomic E-state index is -0.582. The number of aromatic nitrogens is 1. The molecule has 3 atom stereocenters. The van der Waals surface area contributed by atoms with Gasteiger partial charge in [0.25, 0.3) is 0 Å². The standard InChI is InChI=1S/C17H20N2O2/c1-19-11-6-7-12(19)9-13(8-11)21-17(20)15-10-18-16-5-3-2-4-14(15)16/h2-5,10-13,18H,6-9H2,1H3/t11-,12+,13?/i2D,3D,5D,10D. The monoisotopic (exact) mass is 288 g/mol. The number of hydrogen-bond acceptors (Lipinski definition) is 3. The van der Waals surface area contributed by atoms with E-state index in [0.717, 1.165) is 25.7 Å². The smallest absolute Gasteiger partial charge is 0.340 e. The lowest BCUT2D eigenvalue weighted by Crippen LogP contribution is -2.43. The van der Waals surface area contributed by atoms with Crippen molar-refractivity contribution in [3.63, 3.8) is 0 Å². The number of esters is 1. The molecule has 4 nitrogen and oxygen atoms in total. The highest BCUT2D eigenvalue weighted by Gasteiger charge is 2.40. The quantitative estimate of drug-likeness (QED) is 0.864. The molecule has 2 bridgehead atoms. The maximum absolute atomic E-state index is 12.7. The Morgan fingerprint density at radius 2 is 2.14 bits per heavy atom. The molecule has 1 N–H and O–H groups in total. The lowest BCUT2D eigenvalue weighted by atomic mass is 10.0. The van der Waals surface area contributed by atoms with E-state index in [-0.39, 0.29) is 41.5 Å². The number of hydrogen-bond donors (Lipinski definition) is 1. The number of aromatic amines is 1. The molecule has 1 aromatic carbocycles. The van der Waals surface area contributed by atoms with Gasteiger partial charge in [-0.25, -0.2) is 4.79 Å². The topological polar surface area (TPSA) is 45.3 Å². The van der Waals surface area contributed by atoms with Gasteiger partial charge in [0.2, 0.25) is 0 Å². The first kappa shape index (κ1) is 9.26. The summed E-state index contributed by atoms with van der Waals surface area (Å²) in [7, 11) is 2.12. The van der Waals surface area contributed by atoms with Crippen LogP contribution in [0.4, 0.5) is 0 Å². The molecule has 0 spiro atoms. The van der Waals surface area contributed by atoms with Gasteiger partial charge in [0.05, 0.1) is 11.0 Å². The number of nitrogens with zero attached hydrogens (tertiary/aromatic N) is 1. The maximum atomic E-state index is 12.7. The van der Waals surface area contributed by atoms with Gasteiger partial charge in [-0.05, 0) is 25.9 Å². The molecule has 2 saturated heterocycles. The predicted molar refractivity (Wildman–Crippen MR) is 81.3 cm³/mol. The first-order chi connectivity index (χ1) is 11.9. The van der Waals surface area contributed by atoms with Crippen molar-refractivity contribution in [3.05, 3.63) is 35.9 Å². The summed E-state index contributed by atoms with van der Waals surface area (Å²) in [4.78, 5) is 17.7. The van der Waals surface area contributed by atoms with Crippen molar-refractivity contribution in [3.8, 4) is 0 Å². The van der Waals surface area contributed by atoms with Gasteiger partial charge in [-0.3, -0.25) is 0 Å². The van der Waals surface area contributed by atoms with E-state index in [0.29, 0.717) is 17.5 Å². The van der Waals surface area contributed by atoms with Crippen LogP contribution in [0.15, 0.2) is 30.4 Å². The summed E-state index contributed by atoms with van der Waals surface area (Å²) in [6.07, 6.45) is 3.57. The highest BCUT2D eigenvalue weighted by Crippen LogP contribution is 2.35. The molecule has 0 aliphatic carbocycles. The molecule has 0 radical (unpaired) electrons. The zero-order valence-electron chi connectivity index (χ0n) is 15.9. The Hall–Kier alpha value is -1.81. The van der Waals surface area contributed by atoms with Crippen LogP contribution in [-0.4, -0.2) is 41.1 Å². The Morgan fingerprint density at radius 3 is 2.90 bits per heavy atom. The van der Waals surface area contributed by atoms with E-state index >= 15 is 0 Å². The molecule has 2 aromatic rings. The van der Waals surface area contributed by atoms with Crippen LogP contribution < -0.4 is 0 Å². The molecule has 2 fully saturated rings. The van der Waals surface area contributed by atoms with Gasteiger partial charge < -0.3 is 14.6 Å². The molecule has 0 saturated carbocycles. The number of carbonyl (C=O) groups is 1. The Morgan fingerprint density at radius 1 is 1.38 bits per heavy atom. The fourth-order valence-corrected chi connectivity index (χ4v) is 3.66. The molecule has 110 valence electrons. The first-order valence-corrected chi connectivity index (χ1v) is 7.38. The van der Waals surface area contributed by atoms with Crippen molar-refractivity contribution in [2.24, 2.45) is 0 Å². The van der Waals surface area contributed by atoms with Crippen molar-refractivity contribution < 1.29 is 15.0 Å². The van der Waals surface area contributed by atoms with Crippen molar-refractivity contribution in [1.29, 1.82) is 0 Å². The molecule has 0 amide bonds. The van der Waals surface area contributed by atoms with Gasteiger partial charge in [-0.1, -0.05) is 18.2 Å². The van der Waals surface area contributed by atoms with Gasteiger partial charge in [0.15, 0.2) is 0 Å². The van der Waals surface area contributed by atoms with Crippen LogP contribution in [0.5, 0.6) is 0 Å². The second-order valence-electron chi connectivity index (χ2n) is 6.00. The zero-order chi connectivity index (χ0) is 17.9. The van der Waals surface area contributed by atoms with Crippen LogP contribution in [0, 0.1) is 0 Å². The number of para-hydroxylation sites is 1. The third-order valence-corrected chi connectivity index (χ3v) is 4.86. The van der Waals surface area contributed by atoms with Gasteiger partial charge >= 0.3 is 5.97 Å². The van der Waals surface area contributed by atoms with Crippen LogP contribution in [0.3, 0.4) is 0 Å². The Balaban J connectivity index is 1.64. The first-order valence-electron chi connectivity index (χ1n) is 9.38. The summed E-state index contributed by atoms with van der Waals surface area (Å²) in [5.74, 6) is -0.582. The van der Waals surface area contributed by atoms with Crippen LogP contribution in [-0.2, 0) is 4.74 Å². The van der Waals surface area contributed by atoms with Gasteiger partial charge in [-0.15, -0.1) is 0 Å². The highest BCUT2D eigenvalue weighted by atomic mass is 16.5. The van der Waals surface area contributed by atoms with Gasteiger partial charge in [0, 0.05) is 42.0 Å². The summed E-state index contributed by atoms with van der Waals surface area (Å²) < 4.78 is 37.2. The molecule has 1 aromatic heterocycles. The zero-order valence-corrected chi connectivity index (χ0v) is 11.9. The molecular formula is C17H20N2O2. The second kappa shape index (κ2) is 4.88. The molecule has 2 aliphatic heterocycles. The summed E-state index contributed by atoms with van der Waals surface area (Å²) in [5.41, 5.74) is 0.296. The van der Waals surface area contributed by atoms with E-state index in [1.807, 2.05) is 0 Å². The van der Waals surface area contributed by atoms with Gasteiger partial charge in [0.1, 0.15) is 6.10 Å². The minimum absolute atomic E-state index is 0.0586. The van der Waals surface area contributed by atoms with Crippen LogP contribution >= 0.6 is 0 Å². The minimum Gasteiger partial charge on any atom is -0.459 e.